The van der Waals surface area contributed by atoms with Crippen molar-refractivity contribution in [3.05, 3.63) is 34.3 Å². The summed E-state index contributed by atoms with van der Waals surface area (Å²) in [5, 5.41) is 4.44. The number of hydrogen-bond donors (Lipinski definition) is 1. The predicted octanol–water partition coefficient (Wildman–Crippen LogP) is 4.42. The zero-order valence-electron chi connectivity index (χ0n) is 14.0. The van der Waals surface area contributed by atoms with Gasteiger partial charge in [0.1, 0.15) is 0 Å². The van der Waals surface area contributed by atoms with Crippen LogP contribution in [-0.2, 0) is 0 Å². The first-order valence-electron chi connectivity index (χ1n) is 8.01. The van der Waals surface area contributed by atoms with Gasteiger partial charge in [-0.2, -0.15) is 0 Å². The Balaban J connectivity index is 2.42. The lowest BCUT2D eigenvalue weighted by Crippen LogP contribution is -2.55. The smallest absolute Gasteiger partial charge is 0.0505 e. The van der Waals surface area contributed by atoms with E-state index < -0.39 is 0 Å². The summed E-state index contributed by atoms with van der Waals surface area (Å²) in [6.45, 7) is 4.44. The summed E-state index contributed by atoms with van der Waals surface area (Å²) in [4.78, 5) is 2.43. The van der Waals surface area contributed by atoms with Crippen molar-refractivity contribution in [2.75, 3.05) is 21.1 Å². The molecule has 1 aliphatic carbocycles. The van der Waals surface area contributed by atoms with Crippen molar-refractivity contribution in [2.24, 2.45) is 5.92 Å². The van der Waals surface area contributed by atoms with Crippen molar-refractivity contribution in [3.8, 4) is 0 Å². The second kappa shape index (κ2) is 6.68. The summed E-state index contributed by atoms with van der Waals surface area (Å²) in [7, 11) is 6.51. The molecule has 1 aliphatic rings. The Bertz CT molecular complexity index is 486. The highest BCUT2D eigenvalue weighted by Gasteiger charge is 2.43. The fourth-order valence-corrected chi connectivity index (χ4v) is 4.21. The van der Waals surface area contributed by atoms with Gasteiger partial charge in [0.05, 0.1) is 6.04 Å². The first-order valence-corrected chi connectivity index (χ1v) is 8.39. The van der Waals surface area contributed by atoms with Crippen LogP contribution in [0.25, 0.3) is 0 Å². The Labute approximate surface area is 134 Å². The largest absolute Gasteiger partial charge is 0.311 e. The van der Waals surface area contributed by atoms with E-state index in [2.05, 4.69) is 63.4 Å². The average Bonchev–Trinajstić information content (AvgIpc) is 2.43. The lowest BCUT2D eigenvalue weighted by atomic mass is 9.69. The molecule has 2 rings (SSSR count). The molecule has 0 radical (unpaired) electrons. The predicted molar refractivity (Wildman–Crippen MR) is 92.0 cm³/mol. The van der Waals surface area contributed by atoms with Gasteiger partial charge < -0.3 is 10.2 Å². The van der Waals surface area contributed by atoms with Crippen LogP contribution in [0.3, 0.4) is 0 Å². The molecule has 0 aromatic heterocycles. The summed E-state index contributed by atoms with van der Waals surface area (Å²) in [6, 6.07) is 6.82. The van der Waals surface area contributed by atoms with Crippen molar-refractivity contribution in [1.82, 2.24) is 10.2 Å². The van der Waals surface area contributed by atoms with Gasteiger partial charge in [0.15, 0.2) is 0 Å². The third-order valence-corrected chi connectivity index (χ3v) is 5.66. The molecule has 21 heavy (non-hydrogen) atoms. The van der Waals surface area contributed by atoms with E-state index in [1.807, 2.05) is 0 Å². The number of benzene rings is 1. The third-order valence-electron chi connectivity index (χ3n) is 5.25. The SMILES string of the molecule is CNC(c1ccc(C)c(Cl)c1)C1(N(C)C)CCCC(C)C1. The van der Waals surface area contributed by atoms with Gasteiger partial charge in [0.25, 0.3) is 0 Å². The van der Waals surface area contributed by atoms with Crippen LogP contribution in [-0.4, -0.2) is 31.6 Å². The summed E-state index contributed by atoms with van der Waals surface area (Å²) >= 11 is 6.37. The highest BCUT2D eigenvalue weighted by molar-refractivity contribution is 6.31. The molecular formula is C18H29ClN2. The van der Waals surface area contributed by atoms with Gasteiger partial charge in [0, 0.05) is 10.6 Å². The van der Waals surface area contributed by atoms with Gasteiger partial charge in [-0.25, -0.2) is 0 Å². The van der Waals surface area contributed by atoms with E-state index in [-0.39, 0.29) is 5.54 Å². The van der Waals surface area contributed by atoms with Gasteiger partial charge >= 0.3 is 0 Å². The fraction of sp³-hybridized carbons (Fsp3) is 0.667. The molecule has 2 nitrogen and oxygen atoms in total. The van der Waals surface area contributed by atoms with Crippen molar-refractivity contribution < 1.29 is 0 Å². The summed E-state index contributed by atoms with van der Waals surface area (Å²) in [5.41, 5.74) is 2.62. The van der Waals surface area contributed by atoms with Gasteiger partial charge in [0.2, 0.25) is 0 Å². The van der Waals surface area contributed by atoms with E-state index in [0.717, 1.165) is 16.5 Å². The van der Waals surface area contributed by atoms with Gasteiger partial charge in [-0.05, 0) is 64.0 Å². The number of halogens is 1. The average molecular weight is 309 g/mol. The highest BCUT2D eigenvalue weighted by Crippen LogP contribution is 2.44. The Hall–Kier alpha value is -0.570. The van der Waals surface area contributed by atoms with E-state index in [4.69, 9.17) is 11.6 Å². The Morgan fingerprint density at radius 1 is 1.38 bits per heavy atom. The van der Waals surface area contributed by atoms with Crippen LogP contribution in [0.1, 0.15) is 49.8 Å². The van der Waals surface area contributed by atoms with Crippen LogP contribution < -0.4 is 5.32 Å². The molecule has 3 unspecified atom stereocenters. The molecule has 0 heterocycles. The molecule has 0 spiro atoms. The number of rotatable bonds is 4. The van der Waals surface area contributed by atoms with Crippen LogP contribution >= 0.6 is 11.6 Å². The van der Waals surface area contributed by atoms with E-state index >= 15 is 0 Å². The van der Waals surface area contributed by atoms with E-state index in [9.17, 15) is 0 Å². The maximum atomic E-state index is 6.37. The minimum atomic E-state index is 0.172. The standard InChI is InChI=1S/C18H29ClN2/c1-13-7-6-10-18(12-13,21(4)5)17(20-3)15-9-8-14(2)16(19)11-15/h8-9,11,13,17,20H,6-7,10,12H2,1-5H3. The third kappa shape index (κ3) is 3.28. The molecule has 118 valence electrons. The molecule has 1 N–H and O–H groups in total. The lowest BCUT2D eigenvalue weighted by Gasteiger charge is -2.50. The van der Waals surface area contributed by atoms with Gasteiger partial charge in [-0.1, -0.05) is 43.5 Å². The lowest BCUT2D eigenvalue weighted by molar-refractivity contribution is 0.0393. The Kier molecular flexibility index (Phi) is 5.34. The zero-order chi connectivity index (χ0) is 15.6. The summed E-state index contributed by atoms with van der Waals surface area (Å²) in [5.74, 6) is 0.776. The van der Waals surface area contributed by atoms with Crippen LogP contribution in [0.15, 0.2) is 18.2 Å². The maximum Gasteiger partial charge on any atom is 0.0505 e. The topological polar surface area (TPSA) is 15.3 Å². The fourth-order valence-electron chi connectivity index (χ4n) is 4.03. The monoisotopic (exact) mass is 308 g/mol. The minimum absolute atomic E-state index is 0.172. The van der Waals surface area contributed by atoms with E-state index in [1.54, 1.807) is 0 Å². The molecule has 3 atom stereocenters. The van der Waals surface area contributed by atoms with Gasteiger partial charge in [-0.3, -0.25) is 0 Å². The zero-order valence-corrected chi connectivity index (χ0v) is 14.8. The van der Waals surface area contributed by atoms with Crippen LogP contribution in [0.2, 0.25) is 5.02 Å². The van der Waals surface area contributed by atoms with Gasteiger partial charge in [-0.15, -0.1) is 0 Å². The normalized spacial score (nSPS) is 27.9. The van der Waals surface area contributed by atoms with Crippen LogP contribution in [0, 0.1) is 12.8 Å². The number of likely N-dealkylation sites (N-methyl/N-ethyl adjacent to an activating group) is 2. The summed E-state index contributed by atoms with van der Waals surface area (Å²) in [6.07, 6.45) is 5.12. The van der Waals surface area contributed by atoms with Crippen molar-refractivity contribution in [3.63, 3.8) is 0 Å². The molecule has 1 aromatic rings. The molecule has 0 bridgehead atoms. The second-order valence-corrected chi connectivity index (χ2v) is 7.34. The molecule has 1 saturated carbocycles. The number of hydrogen-bond acceptors (Lipinski definition) is 2. The van der Waals surface area contributed by atoms with Crippen molar-refractivity contribution >= 4 is 11.6 Å². The first kappa shape index (κ1) is 16.8. The minimum Gasteiger partial charge on any atom is -0.311 e. The highest BCUT2D eigenvalue weighted by atomic mass is 35.5. The number of aryl methyl sites for hydroxylation is 1. The second-order valence-electron chi connectivity index (χ2n) is 6.93. The van der Waals surface area contributed by atoms with E-state index in [1.165, 1.54) is 31.2 Å². The van der Waals surface area contributed by atoms with Crippen molar-refractivity contribution in [1.29, 1.82) is 0 Å². The maximum absolute atomic E-state index is 6.37. The Morgan fingerprint density at radius 2 is 2.10 bits per heavy atom. The molecule has 0 amide bonds. The molecule has 1 aromatic carbocycles. The Morgan fingerprint density at radius 3 is 2.62 bits per heavy atom. The van der Waals surface area contributed by atoms with Crippen LogP contribution in [0.4, 0.5) is 0 Å². The number of nitrogens with one attached hydrogen (secondary N) is 1. The quantitative estimate of drug-likeness (QED) is 0.886. The molecule has 0 saturated heterocycles. The summed E-state index contributed by atoms with van der Waals surface area (Å²) < 4.78 is 0. The molecule has 0 aliphatic heterocycles. The molecule has 1 fully saturated rings. The van der Waals surface area contributed by atoms with Crippen molar-refractivity contribution in [2.45, 2.75) is 51.1 Å². The van der Waals surface area contributed by atoms with Crippen LogP contribution in [0.5, 0.6) is 0 Å². The molecular weight excluding hydrogens is 280 g/mol. The van der Waals surface area contributed by atoms with E-state index in [0.29, 0.717) is 6.04 Å². The molecule has 3 heteroatoms. The first-order chi connectivity index (χ1) is 9.90. The number of nitrogens with zero attached hydrogens (tertiary/aromatic N) is 1.